The number of hydrogen-bond donors (Lipinski definition) is 0. The number of hydrogen-bond acceptors (Lipinski definition) is 2. The Labute approximate surface area is 90.6 Å². The molecule has 0 bridgehead atoms. The molecular weight excluding hydrogens is 225 g/mol. The Morgan fingerprint density at radius 1 is 1.27 bits per heavy atom. The summed E-state index contributed by atoms with van der Waals surface area (Å²) in [4.78, 5) is 0.594. The van der Waals surface area contributed by atoms with Crippen LogP contribution in [0.3, 0.4) is 0 Å². The van der Waals surface area contributed by atoms with Crippen molar-refractivity contribution >= 4 is 11.8 Å². The van der Waals surface area contributed by atoms with Gasteiger partial charge in [-0.3, -0.25) is 0 Å². The summed E-state index contributed by atoms with van der Waals surface area (Å²) in [6.45, 7) is 0.192. The van der Waals surface area contributed by atoms with Crippen LogP contribution in [0.2, 0.25) is 0 Å². The van der Waals surface area contributed by atoms with E-state index in [2.05, 4.69) is 0 Å². The minimum Gasteiger partial charge on any atom is -0.380 e. The molecule has 1 aromatic rings. The van der Waals surface area contributed by atoms with E-state index >= 15 is 0 Å². The number of rotatable bonds is 3. The van der Waals surface area contributed by atoms with Crippen LogP contribution in [0.15, 0.2) is 23.1 Å². The monoisotopic (exact) mass is 236 g/mol. The Morgan fingerprint density at radius 2 is 1.93 bits per heavy atom. The Balaban J connectivity index is 3.11. The fraction of sp³-hybridized carbons (Fsp3) is 0.400. The van der Waals surface area contributed by atoms with Crippen molar-refractivity contribution < 1.29 is 17.9 Å². The van der Waals surface area contributed by atoms with Crippen LogP contribution in [0.4, 0.5) is 13.2 Å². The van der Waals surface area contributed by atoms with Gasteiger partial charge in [0.25, 0.3) is 0 Å². The third-order valence-corrected chi connectivity index (χ3v) is 2.55. The highest BCUT2D eigenvalue weighted by atomic mass is 32.2. The van der Waals surface area contributed by atoms with Crippen LogP contribution in [0.1, 0.15) is 11.1 Å². The average molecular weight is 236 g/mol. The summed E-state index contributed by atoms with van der Waals surface area (Å²) in [5.74, 6) is 0. The van der Waals surface area contributed by atoms with Gasteiger partial charge in [-0.2, -0.15) is 13.2 Å². The van der Waals surface area contributed by atoms with Crippen molar-refractivity contribution in [2.45, 2.75) is 17.7 Å². The van der Waals surface area contributed by atoms with Gasteiger partial charge >= 0.3 is 6.18 Å². The van der Waals surface area contributed by atoms with Crippen LogP contribution >= 0.6 is 11.8 Å². The van der Waals surface area contributed by atoms with Crippen LogP contribution in [0.25, 0.3) is 0 Å². The highest BCUT2D eigenvalue weighted by Crippen LogP contribution is 2.32. The van der Waals surface area contributed by atoms with E-state index in [0.717, 1.165) is 12.1 Å². The van der Waals surface area contributed by atoms with Crippen molar-refractivity contribution in [3.8, 4) is 0 Å². The van der Waals surface area contributed by atoms with Gasteiger partial charge < -0.3 is 4.74 Å². The second-order valence-corrected chi connectivity index (χ2v) is 3.88. The minimum absolute atomic E-state index is 0.192. The molecule has 15 heavy (non-hydrogen) atoms. The van der Waals surface area contributed by atoms with Gasteiger partial charge in [-0.1, -0.05) is 0 Å². The van der Waals surface area contributed by atoms with Crippen molar-refractivity contribution in [1.82, 2.24) is 0 Å². The molecule has 0 heterocycles. The first-order valence-electron chi connectivity index (χ1n) is 4.21. The molecule has 0 saturated heterocycles. The standard InChI is InChI=1S/C10H11F3OS/c1-14-6-7-3-8(10(11,12)13)5-9(4-7)15-2/h3-5H,6H2,1-2H3. The number of halogens is 3. The summed E-state index contributed by atoms with van der Waals surface area (Å²) >= 11 is 1.28. The molecule has 0 spiro atoms. The molecule has 0 unspecified atom stereocenters. The quantitative estimate of drug-likeness (QED) is 0.742. The van der Waals surface area contributed by atoms with Gasteiger partial charge in [0.15, 0.2) is 0 Å². The molecule has 1 aromatic carbocycles. The Hall–Kier alpha value is -0.680. The lowest BCUT2D eigenvalue weighted by Crippen LogP contribution is -2.06. The second kappa shape index (κ2) is 4.90. The number of thioether (sulfide) groups is 1. The van der Waals surface area contributed by atoms with Gasteiger partial charge in [-0.05, 0) is 30.0 Å². The number of methoxy groups -OCH3 is 1. The van der Waals surface area contributed by atoms with Gasteiger partial charge in [0.2, 0.25) is 0 Å². The molecule has 1 rings (SSSR count). The summed E-state index contributed by atoms with van der Waals surface area (Å²) in [6, 6.07) is 3.95. The number of alkyl halides is 3. The lowest BCUT2D eigenvalue weighted by atomic mass is 10.1. The maximum atomic E-state index is 12.5. The van der Waals surface area contributed by atoms with E-state index in [4.69, 9.17) is 4.74 Å². The third-order valence-electron chi connectivity index (χ3n) is 1.84. The van der Waals surface area contributed by atoms with Gasteiger partial charge in [0.1, 0.15) is 0 Å². The van der Waals surface area contributed by atoms with E-state index in [-0.39, 0.29) is 6.61 Å². The lowest BCUT2D eigenvalue weighted by molar-refractivity contribution is -0.137. The molecule has 0 aliphatic carbocycles. The summed E-state index contributed by atoms with van der Waals surface area (Å²) in [5.41, 5.74) is -0.0851. The van der Waals surface area contributed by atoms with E-state index in [9.17, 15) is 13.2 Å². The Bertz CT molecular complexity index is 336. The first kappa shape index (κ1) is 12.4. The molecule has 1 nitrogen and oxygen atoms in total. The van der Waals surface area contributed by atoms with Crippen LogP contribution in [-0.2, 0) is 17.5 Å². The Morgan fingerprint density at radius 3 is 2.40 bits per heavy atom. The van der Waals surface area contributed by atoms with Crippen molar-refractivity contribution in [2.75, 3.05) is 13.4 Å². The molecule has 0 saturated carbocycles. The molecule has 84 valence electrons. The molecule has 0 aromatic heterocycles. The second-order valence-electron chi connectivity index (χ2n) is 3.00. The zero-order valence-corrected chi connectivity index (χ0v) is 9.21. The van der Waals surface area contributed by atoms with Crippen LogP contribution in [0.5, 0.6) is 0 Å². The zero-order valence-electron chi connectivity index (χ0n) is 8.39. The van der Waals surface area contributed by atoms with Crippen molar-refractivity contribution in [3.63, 3.8) is 0 Å². The molecule has 0 N–H and O–H groups in total. The summed E-state index contributed by atoms with van der Waals surface area (Å²) < 4.78 is 42.2. The average Bonchev–Trinajstić information content (AvgIpc) is 2.16. The van der Waals surface area contributed by atoms with E-state index < -0.39 is 11.7 Å². The maximum Gasteiger partial charge on any atom is 0.416 e. The first-order chi connectivity index (χ1) is 6.97. The lowest BCUT2D eigenvalue weighted by Gasteiger charge is -2.10. The van der Waals surface area contributed by atoms with Crippen LogP contribution < -0.4 is 0 Å². The summed E-state index contributed by atoms with van der Waals surface area (Å²) in [7, 11) is 1.46. The molecular formula is C10H11F3OS. The predicted octanol–water partition coefficient (Wildman–Crippen LogP) is 3.57. The predicted molar refractivity (Wildman–Crippen MR) is 53.9 cm³/mol. The van der Waals surface area contributed by atoms with Crippen molar-refractivity contribution in [2.24, 2.45) is 0 Å². The highest BCUT2D eigenvalue weighted by molar-refractivity contribution is 7.98. The summed E-state index contributed by atoms with van der Waals surface area (Å²) in [5, 5.41) is 0. The molecule has 0 radical (unpaired) electrons. The number of ether oxygens (including phenoxy) is 1. The van der Waals surface area contributed by atoms with E-state index in [1.165, 1.54) is 18.9 Å². The third kappa shape index (κ3) is 3.43. The number of benzene rings is 1. The molecule has 0 amide bonds. The fourth-order valence-electron chi connectivity index (χ4n) is 1.19. The van der Waals surface area contributed by atoms with Gasteiger partial charge in [0.05, 0.1) is 12.2 Å². The molecule has 0 atom stereocenters. The SMILES string of the molecule is COCc1cc(SC)cc(C(F)(F)F)c1. The van der Waals surface area contributed by atoms with Crippen LogP contribution in [-0.4, -0.2) is 13.4 Å². The van der Waals surface area contributed by atoms with E-state index in [1.807, 2.05) is 0 Å². The molecule has 5 heteroatoms. The maximum absolute atomic E-state index is 12.5. The molecule has 0 aliphatic rings. The molecule has 0 aliphatic heterocycles. The topological polar surface area (TPSA) is 9.23 Å². The van der Waals surface area contributed by atoms with Gasteiger partial charge in [-0.25, -0.2) is 0 Å². The van der Waals surface area contributed by atoms with Gasteiger partial charge in [0, 0.05) is 12.0 Å². The van der Waals surface area contributed by atoms with E-state index in [0.29, 0.717) is 10.5 Å². The Kier molecular flexibility index (Phi) is 4.04. The zero-order chi connectivity index (χ0) is 11.5. The normalized spacial score (nSPS) is 11.8. The summed E-state index contributed by atoms with van der Waals surface area (Å²) in [6.07, 6.45) is -2.56. The highest BCUT2D eigenvalue weighted by Gasteiger charge is 2.31. The van der Waals surface area contributed by atoms with Crippen molar-refractivity contribution in [1.29, 1.82) is 0 Å². The molecule has 0 fully saturated rings. The van der Waals surface area contributed by atoms with Crippen LogP contribution in [0, 0.1) is 0 Å². The minimum atomic E-state index is -4.30. The smallest absolute Gasteiger partial charge is 0.380 e. The van der Waals surface area contributed by atoms with Gasteiger partial charge in [-0.15, -0.1) is 11.8 Å². The fourth-order valence-corrected chi connectivity index (χ4v) is 1.71. The van der Waals surface area contributed by atoms with Crippen molar-refractivity contribution in [3.05, 3.63) is 29.3 Å². The first-order valence-corrected chi connectivity index (χ1v) is 5.44. The largest absolute Gasteiger partial charge is 0.416 e. The van der Waals surface area contributed by atoms with E-state index in [1.54, 1.807) is 12.3 Å².